The number of carbonyl (C=O) groups is 1. The number of para-hydroxylation sites is 1. The molecule has 1 atom stereocenters. The lowest BCUT2D eigenvalue weighted by Gasteiger charge is -2.35. The molecule has 28 heavy (non-hydrogen) atoms. The van der Waals surface area contributed by atoms with E-state index < -0.39 is 0 Å². The van der Waals surface area contributed by atoms with Crippen LogP contribution in [0.1, 0.15) is 36.7 Å². The Balaban J connectivity index is 1.79. The standard InChI is InChI=1S/C24H24N2O2/c1-3-19-20-15-16-26(24(27)28-18-13-9-6-10-14-18)23(17-11-7-5-8-12-17)22(20)25-21(19)4-2/h3-14,23,25H,15-16H2,1-2H3/b19-3-,21-4+/t23-/m0/s1. The molecule has 0 unspecified atom stereocenters. The number of hydrogen-bond donors (Lipinski definition) is 1. The maximum absolute atomic E-state index is 13.1. The number of ether oxygens (including phenoxy) is 1. The number of hydrogen-bond acceptors (Lipinski definition) is 2. The lowest BCUT2D eigenvalue weighted by molar-refractivity contribution is 0.135. The van der Waals surface area contributed by atoms with E-state index in [0.717, 1.165) is 23.0 Å². The fourth-order valence-electron chi connectivity index (χ4n) is 4.00. The van der Waals surface area contributed by atoms with Gasteiger partial charge >= 0.3 is 6.09 Å². The predicted molar refractivity (Wildman–Crippen MR) is 111 cm³/mol. The van der Waals surface area contributed by atoms with Crippen LogP contribution in [0.15, 0.2) is 60.7 Å². The fourth-order valence-corrected chi connectivity index (χ4v) is 4.00. The van der Waals surface area contributed by atoms with Crippen LogP contribution in [0.3, 0.4) is 0 Å². The number of benzene rings is 2. The van der Waals surface area contributed by atoms with E-state index in [1.807, 2.05) is 48.2 Å². The number of aromatic amines is 1. The maximum Gasteiger partial charge on any atom is 0.416 e. The van der Waals surface area contributed by atoms with E-state index in [1.165, 1.54) is 10.8 Å². The third-order valence-corrected chi connectivity index (χ3v) is 5.27. The molecule has 0 aliphatic carbocycles. The molecule has 4 rings (SSSR count). The average Bonchev–Trinajstić information content (AvgIpc) is 3.12. The van der Waals surface area contributed by atoms with E-state index in [0.29, 0.717) is 12.3 Å². The Morgan fingerprint density at radius 1 is 1.04 bits per heavy atom. The first-order valence-electron chi connectivity index (χ1n) is 9.64. The summed E-state index contributed by atoms with van der Waals surface area (Å²) in [6.07, 6.45) is 4.70. The normalized spacial score (nSPS) is 17.5. The highest BCUT2D eigenvalue weighted by atomic mass is 16.6. The smallest absolute Gasteiger partial charge is 0.410 e. The van der Waals surface area contributed by atoms with Gasteiger partial charge in [0.15, 0.2) is 0 Å². The second kappa shape index (κ2) is 7.77. The van der Waals surface area contributed by atoms with Crippen LogP contribution in [-0.2, 0) is 6.42 Å². The lowest BCUT2D eigenvalue weighted by Crippen LogP contribution is -2.43. The molecule has 1 aliphatic heterocycles. The van der Waals surface area contributed by atoms with E-state index in [1.54, 1.807) is 12.1 Å². The zero-order valence-corrected chi connectivity index (χ0v) is 16.2. The van der Waals surface area contributed by atoms with Gasteiger partial charge in [0, 0.05) is 17.6 Å². The average molecular weight is 372 g/mol. The summed E-state index contributed by atoms with van der Waals surface area (Å²) in [6, 6.07) is 19.2. The van der Waals surface area contributed by atoms with Crippen LogP contribution in [-0.4, -0.2) is 22.5 Å². The minimum Gasteiger partial charge on any atom is -0.410 e. The van der Waals surface area contributed by atoms with Crippen molar-refractivity contribution < 1.29 is 9.53 Å². The Kier molecular flexibility index (Phi) is 5.02. The second-order valence-corrected chi connectivity index (χ2v) is 6.86. The molecule has 0 radical (unpaired) electrons. The molecule has 0 fully saturated rings. The van der Waals surface area contributed by atoms with Gasteiger partial charge < -0.3 is 9.72 Å². The van der Waals surface area contributed by atoms with Crippen molar-refractivity contribution in [2.24, 2.45) is 0 Å². The number of H-pyrrole nitrogens is 1. The Bertz CT molecular complexity index is 1080. The van der Waals surface area contributed by atoms with Crippen molar-refractivity contribution in [1.29, 1.82) is 0 Å². The first-order valence-corrected chi connectivity index (χ1v) is 9.64. The third kappa shape index (κ3) is 3.22. The molecule has 2 heterocycles. The van der Waals surface area contributed by atoms with Crippen LogP contribution >= 0.6 is 0 Å². The number of fused-ring (bicyclic) bond motifs is 1. The number of aromatic nitrogens is 1. The largest absolute Gasteiger partial charge is 0.416 e. The van der Waals surface area contributed by atoms with Crippen LogP contribution in [0.4, 0.5) is 4.79 Å². The number of amides is 1. The molecule has 0 saturated carbocycles. The first-order chi connectivity index (χ1) is 13.7. The molecule has 142 valence electrons. The Morgan fingerprint density at radius 3 is 2.36 bits per heavy atom. The Labute approximate surface area is 164 Å². The van der Waals surface area contributed by atoms with Gasteiger partial charge in [0.25, 0.3) is 0 Å². The number of nitrogens with zero attached hydrogens (tertiary/aromatic N) is 1. The van der Waals surface area contributed by atoms with E-state index in [-0.39, 0.29) is 12.1 Å². The fraction of sp³-hybridized carbons (Fsp3) is 0.208. The molecule has 0 bridgehead atoms. The summed E-state index contributed by atoms with van der Waals surface area (Å²) in [4.78, 5) is 18.4. The molecule has 3 aromatic rings. The summed E-state index contributed by atoms with van der Waals surface area (Å²) >= 11 is 0. The highest BCUT2D eigenvalue weighted by molar-refractivity contribution is 5.72. The molecular weight excluding hydrogens is 348 g/mol. The first kappa shape index (κ1) is 18.1. The highest BCUT2D eigenvalue weighted by Gasteiger charge is 2.35. The van der Waals surface area contributed by atoms with Gasteiger partial charge in [-0.2, -0.15) is 0 Å². The van der Waals surface area contributed by atoms with Crippen LogP contribution in [0, 0.1) is 0 Å². The molecule has 4 nitrogen and oxygen atoms in total. The molecule has 1 aliphatic rings. The van der Waals surface area contributed by atoms with Crippen molar-refractivity contribution in [3.05, 3.63) is 88.1 Å². The van der Waals surface area contributed by atoms with Crippen LogP contribution < -0.4 is 15.3 Å². The molecular formula is C24H24N2O2. The van der Waals surface area contributed by atoms with Crippen LogP contribution in [0.5, 0.6) is 5.75 Å². The van der Waals surface area contributed by atoms with Gasteiger partial charge in [0.05, 0.1) is 0 Å². The Morgan fingerprint density at radius 2 is 1.71 bits per heavy atom. The highest BCUT2D eigenvalue weighted by Crippen LogP contribution is 2.33. The van der Waals surface area contributed by atoms with E-state index in [9.17, 15) is 4.79 Å². The SMILES string of the molecule is C/C=c1/c2c([nH]/c1=C/C)[C@H](c1ccccc1)N(C(=O)Oc1ccccc1)CC2. The van der Waals surface area contributed by atoms with E-state index in [4.69, 9.17) is 4.74 Å². The van der Waals surface area contributed by atoms with E-state index in [2.05, 4.69) is 36.2 Å². The number of rotatable bonds is 2. The Hall–Kier alpha value is -3.27. The molecule has 1 N–H and O–H groups in total. The summed E-state index contributed by atoms with van der Waals surface area (Å²) in [6.45, 7) is 4.70. The van der Waals surface area contributed by atoms with Gasteiger partial charge in [-0.05, 0) is 48.7 Å². The van der Waals surface area contributed by atoms with Gasteiger partial charge in [-0.1, -0.05) is 60.7 Å². The van der Waals surface area contributed by atoms with Crippen LogP contribution in [0.25, 0.3) is 12.2 Å². The molecule has 0 saturated heterocycles. The second-order valence-electron chi connectivity index (χ2n) is 6.86. The third-order valence-electron chi connectivity index (χ3n) is 5.27. The number of nitrogens with one attached hydrogen (secondary N) is 1. The summed E-state index contributed by atoms with van der Waals surface area (Å²) in [7, 11) is 0. The van der Waals surface area contributed by atoms with Crippen molar-refractivity contribution in [3.63, 3.8) is 0 Å². The lowest BCUT2D eigenvalue weighted by atomic mass is 9.93. The molecule has 2 aromatic carbocycles. The van der Waals surface area contributed by atoms with E-state index >= 15 is 0 Å². The quantitative estimate of drug-likeness (QED) is 0.744. The molecule has 4 heteroatoms. The summed E-state index contributed by atoms with van der Waals surface area (Å²) < 4.78 is 5.67. The zero-order valence-electron chi connectivity index (χ0n) is 16.2. The minimum absolute atomic E-state index is 0.200. The monoisotopic (exact) mass is 372 g/mol. The van der Waals surface area contributed by atoms with Gasteiger partial charge in [-0.15, -0.1) is 0 Å². The van der Waals surface area contributed by atoms with Gasteiger partial charge in [0.1, 0.15) is 11.8 Å². The topological polar surface area (TPSA) is 45.3 Å². The minimum atomic E-state index is -0.329. The van der Waals surface area contributed by atoms with Crippen molar-refractivity contribution in [3.8, 4) is 5.75 Å². The number of carbonyl (C=O) groups excluding carboxylic acids is 1. The molecule has 1 aromatic heterocycles. The van der Waals surface area contributed by atoms with Crippen molar-refractivity contribution in [2.75, 3.05) is 6.54 Å². The van der Waals surface area contributed by atoms with Crippen LogP contribution in [0.2, 0.25) is 0 Å². The van der Waals surface area contributed by atoms with Crippen molar-refractivity contribution >= 4 is 18.2 Å². The van der Waals surface area contributed by atoms with Gasteiger partial charge in [-0.25, -0.2) is 4.79 Å². The van der Waals surface area contributed by atoms with Crippen molar-refractivity contribution in [2.45, 2.75) is 26.3 Å². The molecule has 0 spiro atoms. The summed E-state index contributed by atoms with van der Waals surface area (Å²) in [5.41, 5.74) is 3.43. The van der Waals surface area contributed by atoms with Gasteiger partial charge in [-0.3, -0.25) is 4.90 Å². The summed E-state index contributed by atoms with van der Waals surface area (Å²) in [5.74, 6) is 0.557. The molecule has 1 amide bonds. The van der Waals surface area contributed by atoms with Gasteiger partial charge in [0.2, 0.25) is 0 Å². The maximum atomic E-state index is 13.1. The predicted octanol–water partition coefficient (Wildman–Crippen LogP) is 3.76. The summed E-state index contributed by atoms with van der Waals surface area (Å²) in [5, 5.41) is 2.33. The van der Waals surface area contributed by atoms with Crippen molar-refractivity contribution in [1.82, 2.24) is 9.88 Å². The zero-order chi connectivity index (χ0) is 19.5.